The molecule has 17 heavy (non-hydrogen) atoms. The minimum Gasteiger partial charge on any atom is -0.479 e. The molecule has 0 aliphatic rings. The molecule has 0 saturated carbocycles. The molecule has 4 nitrogen and oxygen atoms in total. The predicted molar refractivity (Wildman–Crippen MR) is 70.2 cm³/mol. The van der Waals surface area contributed by atoms with Gasteiger partial charge in [-0.25, -0.2) is 4.98 Å². The number of benzene rings is 1. The highest BCUT2D eigenvalue weighted by atomic mass is 32.1. The van der Waals surface area contributed by atoms with Crippen LogP contribution in [0.15, 0.2) is 23.0 Å². The van der Waals surface area contributed by atoms with Crippen molar-refractivity contribution >= 4 is 28.2 Å². The zero-order chi connectivity index (χ0) is 12.4. The largest absolute Gasteiger partial charge is 0.479 e. The smallest absolute Gasteiger partial charge is 0.258 e. The molecule has 0 aliphatic carbocycles. The minimum absolute atomic E-state index is 0.153. The molecule has 1 aromatic heterocycles. The second-order valence-electron chi connectivity index (χ2n) is 3.76. The van der Waals surface area contributed by atoms with Gasteiger partial charge in [0.15, 0.2) is 5.05 Å². The second-order valence-corrected chi connectivity index (χ2v) is 4.34. The van der Waals surface area contributed by atoms with Crippen molar-refractivity contribution in [3.05, 3.63) is 39.9 Å². The first-order valence-corrected chi connectivity index (χ1v) is 5.60. The molecule has 0 bridgehead atoms. The van der Waals surface area contributed by atoms with Gasteiger partial charge in [0.05, 0.1) is 10.9 Å². The number of aromatic nitrogens is 2. The Balaban J connectivity index is 2.50. The summed E-state index contributed by atoms with van der Waals surface area (Å²) in [4.78, 5) is 18.9. The first-order chi connectivity index (χ1) is 8.08. The van der Waals surface area contributed by atoms with Crippen LogP contribution in [-0.4, -0.2) is 15.0 Å². The average Bonchev–Trinajstić information content (AvgIpc) is 2.28. The number of fused-ring (bicyclic) bond motifs is 1. The molecule has 0 aliphatic heterocycles. The molecular formula is C12H12N2O2S. The van der Waals surface area contributed by atoms with E-state index in [4.69, 9.17) is 17.0 Å². The Kier molecular flexibility index (Phi) is 3.19. The third kappa shape index (κ3) is 2.50. The number of aromatic amines is 1. The molecule has 0 saturated heterocycles. The van der Waals surface area contributed by atoms with Gasteiger partial charge in [-0.2, -0.15) is 0 Å². The summed E-state index contributed by atoms with van der Waals surface area (Å²) in [5, 5.41) is 1.02. The summed E-state index contributed by atoms with van der Waals surface area (Å²) in [5.41, 5.74) is 1.52. The number of nitrogens with one attached hydrogen (secondary N) is 1. The lowest BCUT2D eigenvalue weighted by molar-refractivity contribution is 0.288. The highest BCUT2D eigenvalue weighted by Crippen LogP contribution is 2.12. The fourth-order valence-electron chi connectivity index (χ4n) is 1.59. The van der Waals surface area contributed by atoms with Crippen molar-refractivity contribution in [2.45, 2.75) is 20.5 Å². The van der Waals surface area contributed by atoms with Gasteiger partial charge in [-0.3, -0.25) is 4.79 Å². The van der Waals surface area contributed by atoms with E-state index in [1.165, 1.54) is 0 Å². The van der Waals surface area contributed by atoms with Crippen LogP contribution in [0.3, 0.4) is 0 Å². The van der Waals surface area contributed by atoms with Gasteiger partial charge < -0.3 is 9.72 Å². The fourth-order valence-corrected chi connectivity index (χ4v) is 1.65. The fraction of sp³-hybridized carbons (Fsp3) is 0.250. The van der Waals surface area contributed by atoms with Crippen molar-refractivity contribution in [3.63, 3.8) is 0 Å². The topological polar surface area (TPSA) is 55.0 Å². The third-order valence-electron chi connectivity index (χ3n) is 2.40. The van der Waals surface area contributed by atoms with Gasteiger partial charge in [-0.15, -0.1) is 0 Å². The second kappa shape index (κ2) is 4.63. The van der Waals surface area contributed by atoms with E-state index in [0.29, 0.717) is 21.8 Å². The van der Waals surface area contributed by atoms with E-state index in [2.05, 4.69) is 9.97 Å². The Hall–Kier alpha value is -1.75. The normalized spacial score (nSPS) is 10.5. The quantitative estimate of drug-likeness (QED) is 0.827. The molecule has 0 fully saturated rings. The van der Waals surface area contributed by atoms with Crippen LogP contribution in [0.5, 0.6) is 0 Å². The summed E-state index contributed by atoms with van der Waals surface area (Å²) < 4.78 is 5.17. The van der Waals surface area contributed by atoms with Crippen molar-refractivity contribution in [3.8, 4) is 0 Å². The molecule has 1 aromatic carbocycles. The van der Waals surface area contributed by atoms with Crippen LogP contribution in [0.1, 0.15) is 18.3 Å². The maximum Gasteiger partial charge on any atom is 0.258 e. The zero-order valence-corrected chi connectivity index (χ0v) is 10.4. The van der Waals surface area contributed by atoms with Crippen molar-refractivity contribution < 1.29 is 4.74 Å². The summed E-state index contributed by atoms with van der Waals surface area (Å²) in [7, 11) is 0. The van der Waals surface area contributed by atoms with Crippen LogP contribution in [0.4, 0.5) is 0 Å². The van der Waals surface area contributed by atoms with E-state index >= 15 is 0 Å². The number of hydrogen-bond acceptors (Lipinski definition) is 4. The summed E-state index contributed by atoms with van der Waals surface area (Å²) in [6.07, 6.45) is 0. The van der Waals surface area contributed by atoms with Gasteiger partial charge in [-0.1, -0.05) is 12.1 Å². The lowest BCUT2D eigenvalue weighted by atomic mass is 10.1. The lowest BCUT2D eigenvalue weighted by Gasteiger charge is -2.05. The number of ether oxygens (including phenoxy) is 1. The molecule has 0 amide bonds. The highest BCUT2D eigenvalue weighted by molar-refractivity contribution is 7.80. The number of aryl methyl sites for hydroxylation is 1. The van der Waals surface area contributed by atoms with Crippen LogP contribution < -0.4 is 5.56 Å². The van der Waals surface area contributed by atoms with Gasteiger partial charge >= 0.3 is 0 Å². The molecule has 5 heteroatoms. The van der Waals surface area contributed by atoms with Crippen molar-refractivity contribution in [1.82, 2.24) is 9.97 Å². The maximum absolute atomic E-state index is 11.8. The number of H-pyrrole nitrogens is 1. The first kappa shape index (κ1) is 11.7. The van der Waals surface area contributed by atoms with E-state index in [1.54, 1.807) is 13.0 Å². The summed E-state index contributed by atoms with van der Waals surface area (Å²) in [6, 6.07) is 5.51. The summed E-state index contributed by atoms with van der Waals surface area (Å²) in [5.74, 6) is 0.487. The molecule has 0 atom stereocenters. The predicted octanol–water partition coefficient (Wildman–Crippen LogP) is 2.10. The Bertz CT molecular complexity index is 634. The number of nitrogens with zero attached hydrogens (tertiary/aromatic N) is 1. The van der Waals surface area contributed by atoms with Gasteiger partial charge in [0.2, 0.25) is 0 Å². The third-order valence-corrected chi connectivity index (χ3v) is 2.52. The number of hydrogen-bond donors (Lipinski definition) is 1. The maximum atomic E-state index is 11.8. The Morgan fingerprint density at radius 3 is 3.00 bits per heavy atom. The van der Waals surface area contributed by atoms with Gasteiger partial charge in [0.25, 0.3) is 5.56 Å². The summed E-state index contributed by atoms with van der Waals surface area (Å²) >= 11 is 4.81. The lowest BCUT2D eigenvalue weighted by Crippen LogP contribution is -2.13. The monoisotopic (exact) mass is 248 g/mol. The van der Waals surface area contributed by atoms with Crippen molar-refractivity contribution in [2.24, 2.45) is 0 Å². The van der Waals surface area contributed by atoms with Crippen LogP contribution in [0.2, 0.25) is 0 Å². The van der Waals surface area contributed by atoms with E-state index in [1.807, 2.05) is 19.1 Å². The van der Waals surface area contributed by atoms with Gasteiger partial charge in [0, 0.05) is 6.92 Å². The van der Waals surface area contributed by atoms with Gasteiger partial charge in [-0.05, 0) is 30.8 Å². The molecule has 88 valence electrons. The standard InChI is InChI=1S/C12H12N2O2S/c1-7-4-3-5-9-11(7)13-10(14-12(9)15)6-16-8(2)17/h3-5H,6H2,1-2H3,(H,13,14,15). The van der Waals surface area contributed by atoms with Crippen molar-refractivity contribution in [1.29, 1.82) is 0 Å². The van der Waals surface area contributed by atoms with E-state index in [0.717, 1.165) is 5.56 Å². The van der Waals surface area contributed by atoms with E-state index < -0.39 is 0 Å². The first-order valence-electron chi connectivity index (χ1n) is 5.20. The molecular weight excluding hydrogens is 236 g/mol. The van der Waals surface area contributed by atoms with Gasteiger partial charge in [0.1, 0.15) is 12.4 Å². The van der Waals surface area contributed by atoms with Crippen LogP contribution >= 0.6 is 12.2 Å². The molecule has 2 rings (SSSR count). The number of rotatable bonds is 2. The molecule has 1 N–H and O–H groups in total. The molecule has 0 spiro atoms. The van der Waals surface area contributed by atoms with E-state index in [9.17, 15) is 4.79 Å². The Labute approximate surface area is 104 Å². The number of para-hydroxylation sites is 1. The Morgan fingerprint density at radius 1 is 1.53 bits per heavy atom. The van der Waals surface area contributed by atoms with Crippen LogP contribution in [0.25, 0.3) is 10.9 Å². The van der Waals surface area contributed by atoms with Crippen LogP contribution in [-0.2, 0) is 11.3 Å². The average molecular weight is 248 g/mol. The minimum atomic E-state index is -0.153. The number of thiocarbonyl (C=S) groups is 1. The van der Waals surface area contributed by atoms with E-state index in [-0.39, 0.29) is 12.2 Å². The summed E-state index contributed by atoms with van der Waals surface area (Å²) in [6.45, 7) is 3.79. The highest BCUT2D eigenvalue weighted by Gasteiger charge is 2.06. The van der Waals surface area contributed by atoms with Crippen molar-refractivity contribution in [2.75, 3.05) is 0 Å². The molecule has 0 radical (unpaired) electrons. The van der Waals surface area contributed by atoms with Crippen LogP contribution in [0, 0.1) is 6.92 Å². The Morgan fingerprint density at radius 2 is 2.29 bits per heavy atom. The SMILES string of the molecule is CC(=S)OCc1nc2c(C)cccc2c(=O)[nH]1. The zero-order valence-electron chi connectivity index (χ0n) is 9.61. The molecule has 1 heterocycles. The molecule has 2 aromatic rings. The molecule has 0 unspecified atom stereocenters.